The van der Waals surface area contributed by atoms with E-state index in [-0.39, 0.29) is 30.7 Å². The molecule has 1 saturated heterocycles. The predicted molar refractivity (Wildman–Crippen MR) is 135 cm³/mol. The van der Waals surface area contributed by atoms with Crippen LogP contribution in [-0.4, -0.2) is 60.7 Å². The third-order valence-corrected chi connectivity index (χ3v) is 6.89. The van der Waals surface area contributed by atoms with Crippen LogP contribution in [0.1, 0.15) is 28.4 Å². The number of benzene rings is 3. The van der Waals surface area contributed by atoms with Crippen molar-refractivity contribution in [1.82, 2.24) is 9.80 Å². The van der Waals surface area contributed by atoms with Crippen molar-refractivity contribution in [2.45, 2.75) is 31.8 Å². The third kappa shape index (κ3) is 4.87. The maximum absolute atomic E-state index is 13.7. The number of fused-ring (bicyclic) bond motifs is 1. The molecule has 2 unspecified atom stereocenters. The zero-order valence-electron chi connectivity index (χ0n) is 20.6. The first-order valence-electron chi connectivity index (χ1n) is 12.2. The molecule has 0 bridgehead atoms. The number of carbonyl (C=O) groups is 2. The average Bonchev–Trinajstić information content (AvgIpc) is 3.38. The van der Waals surface area contributed by atoms with Crippen LogP contribution < -0.4 is 14.2 Å². The Morgan fingerprint density at radius 2 is 1.50 bits per heavy atom. The lowest BCUT2D eigenvalue weighted by molar-refractivity contribution is -0.134. The summed E-state index contributed by atoms with van der Waals surface area (Å²) in [6, 6.07) is 23.0. The highest BCUT2D eigenvalue weighted by atomic mass is 16.7. The third-order valence-electron chi connectivity index (χ3n) is 6.89. The molecule has 0 aliphatic carbocycles. The molecular formula is C29H30N2O5. The number of amides is 2. The Morgan fingerprint density at radius 3 is 2.19 bits per heavy atom. The van der Waals surface area contributed by atoms with Crippen LogP contribution in [0.3, 0.4) is 0 Å². The minimum absolute atomic E-state index is 0.0102. The average molecular weight is 487 g/mol. The fraction of sp³-hybridized carbons (Fsp3) is 0.310. The molecule has 36 heavy (non-hydrogen) atoms. The first kappa shape index (κ1) is 23.7. The van der Waals surface area contributed by atoms with E-state index < -0.39 is 0 Å². The summed E-state index contributed by atoms with van der Waals surface area (Å²) in [5, 5.41) is 0. The molecule has 2 heterocycles. The molecule has 2 aliphatic heterocycles. The van der Waals surface area contributed by atoms with Gasteiger partial charge in [-0.3, -0.25) is 9.59 Å². The van der Waals surface area contributed by atoms with Crippen LogP contribution >= 0.6 is 0 Å². The minimum Gasteiger partial charge on any atom is -0.493 e. The lowest BCUT2D eigenvalue weighted by atomic mass is 9.94. The fourth-order valence-electron chi connectivity index (χ4n) is 5.14. The second kappa shape index (κ2) is 10.3. The Hall–Kier alpha value is -4.00. The largest absolute Gasteiger partial charge is 0.493 e. The van der Waals surface area contributed by atoms with E-state index in [0.717, 1.165) is 11.1 Å². The van der Waals surface area contributed by atoms with Gasteiger partial charge in [0, 0.05) is 25.6 Å². The van der Waals surface area contributed by atoms with Crippen LogP contribution in [0.15, 0.2) is 72.8 Å². The van der Waals surface area contributed by atoms with Gasteiger partial charge in [-0.25, -0.2) is 0 Å². The minimum atomic E-state index is -0.210. The van der Waals surface area contributed by atoms with Crippen LogP contribution in [0.25, 0.3) is 0 Å². The van der Waals surface area contributed by atoms with Crippen LogP contribution in [0.2, 0.25) is 0 Å². The van der Waals surface area contributed by atoms with Gasteiger partial charge < -0.3 is 24.0 Å². The van der Waals surface area contributed by atoms with E-state index in [9.17, 15) is 9.59 Å². The molecule has 0 aromatic heterocycles. The number of rotatable bonds is 6. The zero-order chi connectivity index (χ0) is 25.1. The summed E-state index contributed by atoms with van der Waals surface area (Å²) in [4.78, 5) is 30.3. The highest BCUT2D eigenvalue weighted by molar-refractivity contribution is 5.94. The Bertz CT molecular complexity index is 1230. The molecule has 1 fully saturated rings. The monoisotopic (exact) mass is 486 g/mol. The number of hydrogen-bond acceptors (Lipinski definition) is 5. The van der Waals surface area contributed by atoms with Crippen molar-refractivity contribution < 1.29 is 23.8 Å². The normalized spacial score (nSPS) is 18.7. The van der Waals surface area contributed by atoms with Crippen molar-refractivity contribution in [3.63, 3.8) is 0 Å². The van der Waals surface area contributed by atoms with Crippen LogP contribution in [0, 0.1) is 0 Å². The van der Waals surface area contributed by atoms with Gasteiger partial charge in [0.25, 0.3) is 5.91 Å². The lowest BCUT2D eigenvalue weighted by Crippen LogP contribution is -2.62. The number of nitrogens with zero attached hydrogens (tertiary/aromatic N) is 2. The molecule has 2 aliphatic rings. The van der Waals surface area contributed by atoms with Crippen LogP contribution in [0.4, 0.5) is 0 Å². The van der Waals surface area contributed by atoms with Gasteiger partial charge in [0.1, 0.15) is 0 Å². The molecule has 2 atom stereocenters. The van der Waals surface area contributed by atoms with Crippen molar-refractivity contribution in [1.29, 1.82) is 0 Å². The van der Waals surface area contributed by atoms with E-state index in [0.29, 0.717) is 48.7 Å². The van der Waals surface area contributed by atoms with Crippen LogP contribution in [-0.2, 0) is 17.6 Å². The van der Waals surface area contributed by atoms with E-state index in [1.54, 1.807) is 14.0 Å². The summed E-state index contributed by atoms with van der Waals surface area (Å²) >= 11 is 0. The van der Waals surface area contributed by atoms with Gasteiger partial charge in [0.2, 0.25) is 18.4 Å². The molecule has 0 N–H and O–H groups in total. The second-order valence-corrected chi connectivity index (χ2v) is 9.23. The standard InChI is InChI=1S/C29H30N2O5/c1-20(32)30-17-25(14-22-15-26(34-2)28-27(16-22)35-19-36-28)31(29(33)23-11-7-4-8-12-23)18-24(30)13-21-9-5-3-6-10-21/h3-12,15-16,24-25H,13-14,17-19H2,1-2H3. The maximum atomic E-state index is 13.7. The predicted octanol–water partition coefficient (Wildman–Crippen LogP) is 3.95. The lowest BCUT2D eigenvalue weighted by Gasteiger charge is -2.46. The van der Waals surface area contributed by atoms with Gasteiger partial charge in [-0.05, 0) is 48.2 Å². The first-order chi connectivity index (χ1) is 17.5. The fourth-order valence-corrected chi connectivity index (χ4v) is 5.14. The molecular weight excluding hydrogens is 456 g/mol. The molecule has 7 heteroatoms. The maximum Gasteiger partial charge on any atom is 0.254 e. The molecule has 2 amide bonds. The molecule has 7 nitrogen and oxygen atoms in total. The van der Waals surface area contributed by atoms with E-state index in [1.165, 1.54) is 0 Å². The van der Waals surface area contributed by atoms with Crippen molar-refractivity contribution in [3.8, 4) is 17.2 Å². The van der Waals surface area contributed by atoms with Crippen molar-refractivity contribution in [3.05, 3.63) is 89.5 Å². The summed E-state index contributed by atoms with van der Waals surface area (Å²) in [6.07, 6.45) is 1.23. The number of piperazine rings is 1. The van der Waals surface area contributed by atoms with E-state index >= 15 is 0 Å². The van der Waals surface area contributed by atoms with Gasteiger partial charge in [-0.2, -0.15) is 0 Å². The topological polar surface area (TPSA) is 68.3 Å². The molecule has 0 radical (unpaired) electrons. The SMILES string of the molecule is COc1cc(CC2CN(C(C)=O)C(Cc3ccccc3)CN2C(=O)c2ccccc2)cc2c1OCO2. The quantitative estimate of drug-likeness (QED) is 0.528. The van der Waals surface area contributed by atoms with E-state index in [1.807, 2.05) is 70.5 Å². The number of ether oxygens (including phenoxy) is 3. The van der Waals surface area contributed by atoms with E-state index in [2.05, 4.69) is 12.1 Å². The Labute approximate surface area is 211 Å². The van der Waals surface area contributed by atoms with Gasteiger partial charge in [-0.1, -0.05) is 48.5 Å². The van der Waals surface area contributed by atoms with E-state index in [4.69, 9.17) is 14.2 Å². The van der Waals surface area contributed by atoms with Crippen LogP contribution in [0.5, 0.6) is 17.2 Å². The molecule has 0 spiro atoms. The van der Waals surface area contributed by atoms with Gasteiger partial charge >= 0.3 is 0 Å². The molecule has 5 rings (SSSR count). The van der Waals surface area contributed by atoms with Gasteiger partial charge in [0.05, 0.1) is 19.2 Å². The highest BCUT2D eigenvalue weighted by Gasteiger charge is 2.38. The second-order valence-electron chi connectivity index (χ2n) is 9.23. The Kier molecular flexibility index (Phi) is 6.80. The van der Waals surface area contributed by atoms with Crippen molar-refractivity contribution in [2.75, 3.05) is 27.0 Å². The summed E-state index contributed by atoms with van der Waals surface area (Å²) < 4.78 is 16.7. The highest BCUT2D eigenvalue weighted by Crippen LogP contribution is 2.42. The van der Waals surface area contributed by atoms with Gasteiger partial charge in [-0.15, -0.1) is 0 Å². The number of methoxy groups -OCH3 is 1. The summed E-state index contributed by atoms with van der Waals surface area (Å²) in [5.41, 5.74) is 2.73. The molecule has 0 saturated carbocycles. The van der Waals surface area contributed by atoms with Gasteiger partial charge in [0.15, 0.2) is 11.5 Å². The molecule has 186 valence electrons. The summed E-state index contributed by atoms with van der Waals surface area (Å²) in [5.74, 6) is 1.80. The summed E-state index contributed by atoms with van der Waals surface area (Å²) in [6.45, 7) is 2.65. The van der Waals surface area contributed by atoms with Crippen molar-refractivity contribution >= 4 is 11.8 Å². The molecule has 3 aromatic carbocycles. The Morgan fingerprint density at radius 1 is 0.861 bits per heavy atom. The molecule has 3 aromatic rings. The smallest absolute Gasteiger partial charge is 0.254 e. The summed E-state index contributed by atoms with van der Waals surface area (Å²) in [7, 11) is 1.60. The number of hydrogen-bond donors (Lipinski definition) is 0. The first-order valence-corrected chi connectivity index (χ1v) is 12.2. The Balaban J connectivity index is 1.47. The zero-order valence-corrected chi connectivity index (χ0v) is 20.6. The number of carbonyl (C=O) groups excluding carboxylic acids is 2. The van der Waals surface area contributed by atoms with Crippen molar-refractivity contribution in [2.24, 2.45) is 0 Å².